The van der Waals surface area contributed by atoms with Crippen LogP contribution in [-0.4, -0.2) is 22.0 Å². The van der Waals surface area contributed by atoms with Crippen LogP contribution in [0.4, 0.5) is 5.82 Å². The highest BCUT2D eigenvalue weighted by Gasteiger charge is 2.39. The highest BCUT2D eigenvalue weighted by Crippen LogP contribution is 2.38. The van der Waals surface area contributed by atoms with Gasteiger partial charge in [-0.05, 0) is 24.5 Å². The van der Waals surface area contributed by atoms with E-state index in [1.165, 1.54) is 6.07 Å². The van der Waals surface area contributed by atoms with Crippen molar-refractivity contribution in [1.82, 2.24) is 4.98 Å². The maximum Gasteiger partial charge on any atom is 0.354 e. The highest BCUT2D eigenvalue weighted by atomic mass is 16.4. The number of nitrogens with zero attached hydrogens (tertiary/aromatic N) is 1. The molecule has 0 radical (unpaired) electrons. The minimum absolute atomic E-state index is 0.0512. The van der Waals surface area contributed by atoms with E-state index in [1.54, 1.807) is 12.1 Å². The monoisotopic (exact) mass is 220 g/mol. The van der Waals surface area contributed by atoms with Gasteiger partial charge in [-0.15, -0.1) is 0 Å². The number of hydrogen-bond acceptors (Lipinski definition) is 3. The first-order chi connectivity index (χ1) is 7.58. The third-order valence-corrected chi connectivity index (χ3v) is 2.67. The fourth-order valence-corrected chi connectivity index (χ4v) is 1.53. The zero-order valence-corrected chi connectivity index (χ0v) is 8.80. The molecule has 2 N–H and O–H groups in total. The summed E-state index contributed by atoms with van der Waals surface area (Å²) in [5, 5.41) is 11.3. The van der Waals surface area contributed by atoms with Crippen molar-refractivity contribution in [1.29, 1.82) is 0 Å². The smallest absolute Gasteiger partial charge is 0.354 e. The van der Waals surface area contributed by atoms with Crippen molar-refractivity contribution in [3.05, 3.63) is 23.9 Å². The standard InChI is InChI=1S/C11H12N2O3/c1-6-5-7(6)10(14)13-9-4-2-3-8(12-9)11(15)16/h2-4,6-7H,5H2,1H3,(H,15,16)(H,12,13,14). The molecule has 1 aromatic heterocycles. The average molecular weight is 220 g/mol. The van der Waals surface area contributed by atoms with Crippen LogP contribution in [0.25, 0.3) is 0 Å². The Morgan fingerprint density at radius 3 is 2.75 bits per heavy atom. The van der Waals surface area contributed by atoms with Gasteiger partial charge < -0.3 is 10.4 Å². The molecule has 1 fully saturated rings. The van der Waals surface area contributed by atoms with Gasteiger partial charge in [0.25, 0.3) is 0 Å². The van der Waals surface area contributed by atoms with Crippen molar-refractivity contribution in [2.24, 2.45) is 11.8 Å². The fraction of sp³-hybridized carbons (Fsp3) is 0.364. The zero-order valence-electron chi connectivity index (χ0n) is 8.80. The molecule has 2 rings (SSSR count). The van der Waals surface area contributed by atoms with Gasteiger partial charge in [0, 0.05) is 5.92 Å². The van der Waals surface area contributed by atoms with Crippen molar-refractivity contribution < 1.29 is 14.7 Å². The molecule has 0 aliphatic heterocycles. The van der Waals surface area contributed by atoms with Crippen LogP contribution in [0.3, 0.4) is 0 Å². The van der Waals surface area contributed by atoms with Gasteiger partial charge in [-0.1, -0.05) is 13.0 Å². The number of pyridine rings is 1. The third-order valence-electron chi connectivity index (χ3n) is 2.67. The molecule has 84 valence electrons. The summed E-state index contributed by atoms with van der Waals surface area (Å²) in [7, 11) is 0. The number of carboxylic acids is 1. The molecule has 1 aliphatic carbocycles. The molecule has 16 heavy (non-hydrogen) atoms. The van der Waals surface area contributed by atoms with E-state index in [1.807, 2.05) is 6.92 Å². The second-order valence-electron chi connectivity index (χ2n) is 4.02. The van der Waals surface area contributed by atoms with E-state index in [0.717, 1.165) is 6.42 Å². The Balaban J connectivity index is 2.06. The van der Waals surface area contributed by atoms with Crippen LogP contribution in [0, 0.1) is 11.8 Å². The van der Waals surface area contributed by atoms with Crippen molar-refractivity contribution >= 4 is 17.7 Å². The maximum atomic E-state index is 11.6. The van der Waals surface area contributed by atoms with Gasteiger partial charge in [0.1, 0.15) is 5.82 Å². The molecule has 5 heteroatoms. The number of amides is 1. The maximum absolute atomic E-state index is 11.6. The molecule has 1 saturated carbocycles. The summed E-state index contributed by atoms with van der Waals surface area (Å²) in [4.78, 5) is 26.0. The first-order valence-corrected chi connectivity index (χ1v) is 5.09. The summed E-state index contributed by atoms with van der Waals surface area (Å²) in [5.41, 5.74) is -0.0679. The first-order valence-electron chi connectivity index (χ1n) is 5.09. The SMILES string of the molecule is CC1CC1C(=O)Nc1cccc(C(=O)O)n1. The normalized spacial score (nSPS) is 22.6. The number of rotatable bonds is 3. The van der Waals surface area contributed by atoms with E-state index in [9.17, 15) is 9.59 Å². The molecule has 2 unspecified atom stereocenters. The summed E-state index contributed by atoms with van der Waals surface area (Å²) in [6, 6.07) is 4.53. The van der Waals surface area contributed by atoms with Crippen molar-refractivity contribution in [2.75, 3.05) is 5.32 Å². The number of anilines is 1. The lowest BCUT2D eigenvalue weighted by Gasteiger charge is -2.03. The number of carbonyl (C=O) groups is 2. The number of carbonyl (C=O) groups excluding carboxylic acids is 1. The van der Waals surface area contributed by atoms with E-state index >= 15 is 0 Å². The molecular weight excluding hydrogens is 208 g/mol. The number of aromatic nitrogens is 1. The minimum atomic E-state index is -1.10. The lowest BCUT2D eigenvalue weighted by atomic mass is 10.3. The highest BCUT2D eigenvalue weighted by molar-refractivity contribution is 5.94. The van der Waals surface area contributed by atoms with Gasteiger partial charge in [0.2, 0.25) is 5.91 Å². The quantitative estimate of drug-likeness (QED) is 0.806. The summed E-state index contributed by atoms with van der Waals surface area (Å²) in [5.74, 6) is -0.416. The topological polar surface area (TPSA) is 79.3 Å². The molecule has 0 saturated heterocycles. The molecule has 1 aliphatic rings. The second kappa shape index (κ2) is 3.92. The van der Waals surface area contributed by atoms with Crippen LogP contribution in [0.1, 0.15) is 23.8 Å². The zero-order chi connectivity index (χ0) is 11.7. The van der Waals surface area contributed by atoms with E-state index in [-0.39, 0.29) is 17.5 Å². The molecule has 1 amide bonds. The van der Waals surface area contributed by atoms with Crippen LogP contribution in [-0.2, 0) is 4.79 Å². The Kier molecular flexibility index (Phi) is 2.60. The predicted molar refractivity (Wildman–Crippen MR) is 57.1 cm³/mol. The van der Waals surface area contributed by atoms with E-state index in [4.69, 9.17) is 5.11 Å². The van der Waals surface area contributed by atoms with Crippen LogP contribution >= 0.6 is 0 Å². The summed E-state index contributed by atoms with van der Waals surface area (Å²) < 4.78 is 0. The Labute approximate surface area is 92.5 Å². The first kappa shape index (κ1) is 10.6. The van der Waals surface area contributed by atoms with E-state index < -0.39 is 5.97 Å². The van der Waals surface area contributed by atoms with E-state index in [2.05, 4.69) is 10.3 Å². The predicted octanol–water partition coefficient (Wildman–Crippen LogP) is 1.37. The van der Waals surface area contributed by atoms with Crippen molar-refractivity contribution in [3.63, 3.8) is 0 Å². The Bertz CT molecular complexity index is 445. The number of hydrogen-bond donors (Lipinski definition) is 2. The van der Waals surface area contributed by atoms with Gasteiger partial charge in [0.05, 0.1) is 0 Å². The van der Waals surface area contributed by atoms with Gasteiger partial charge in [-0.2, -0.15) is 0 Å². The van der Waals surface area contributed by atoms with Gasteiger partial charge in [0.15, 0.2) is 5.69 Å². The van der Waals surface area contributed by atoms with Crippen LogP contribution in [0.15, 0.2) is 18.2 Å². The number of nitrogens with one attached hydrogen (secondary N) is 1. The lowest BCUT2D eigenvalue weighted by Crippen LogP contribution is -2.16. The number of aromatic carboxylic acids is 1. The Morgan fingerprint density at radius 1 is 1.50 bits per heavy atom. The van der Waals surface area contributed by atoms with Crippen LogP contribution in [0.2, 0.25) is 0 Å². The molecule has 1 aromatic rings. The van der Waals surface area contributed by atoms with E-state index in [0.29, 0.717) is 11.7 Å². The lowest BCUT2D eigenvalue weighted by molar-refractivity contribution is -0.117. The molecule has 0 aromatic carbocycles. The summed E-state index contributed by atoms with van der Waals surface area (Å²) >= 11 is 0. The molecule has 2 atom stereocenters. The fourth-order valence-electron chi connectivity index (χ4n) is 1.53. The van der Waals surface area contributed by atoms with Crippen molar-refractivity contribution in [3.8, 4) is 0 Å². The second-order valence-corrected chi connectivity index (χ2v) is 4.02. The van der Waals surface area contributed by atoms with Crippen LogP contribution in [0.5, 0.6) is 0 Å². The van der Waals surface area contributed by atoms with Gasteiger partial charge in [-0.25, -0.2) is 9.78 Å². The van der Waals surface area contributed by atoms with Gasteiger partial charge >= 0.3 is 5.97 Å². The third kappa shape index (κ3) is 2.18. The molecular formula is C11H12N2O3. The Hall–Kier alpha value is -1.91. The van der Waals surface area contributed by atoms with Crippen LogP contribution < -0.4 is 5.32 Å². The average Bonchev–Trinajstić information content (AvgIpc) is 2.96. The van der Waals surface area contributed by atoms with Gasteiger partial charge in [-0.3, -0.25) is 4.79 Å². The molecule has 0 bridgehead atoms. The molecule has 5 nitrogen and oxygen atoms in total. The van der Waals surface area contributed by atoms with Crippen molar-refractivity contribution in [2.45, 2.75) is 13.3 Å². The molecule has 1 heterocycles. The summed E-state index contributed by atoms with van der Waals surface area (Å²) in [6.07, 6.45) is 0.893. The largest absolute Gasteiger partial charge is 0.477 e. The Morgan fingerprint density at radius 2 is 2.19 bits per heavy atom. The number of carboxylic acid groups (broad SMARTS) is 1. The minimum Gasteiger partial charge on any atom is -0.477 e. The molecule has 0 spiro atoms. The summed E-state index contributed by atoms with van der Waals surface area (Å²) in [6.45, 7) is 2.01.